The number of fused-ring (bicyclic) bond motifs is 1. The molecular formula is C17H21IN6. The van der Waals surface area contributed by atoms with E-state index in [0.29, 0.717) is 6.54 Å². The van der Waals surface area contributed by atoms with E-state index in [9.17, 15) is 0 Å². The average Bonchev–Trinajstić information content (AvgIpc) is 3.02. The molecule has 0 saturated heterocycles. The third-order valence-electron chi connectivity index (χ3n) is 3.67. The lowest BCUT2D eigenvalue weighted by atomic mass is 10.1. The van der Waals surface area contributed by atoms with E-state index in [2.05, 4.69) is 44.9 Å². The summed E-state index contributed by atoms with van der Waals surface area (Å²) in [6.07, 6.45) is 1.95. The fourth-order valence-corrected chi connectivity index (χ4v) is 2.40. The first-order valence-electron chi connectivity index (χ1n) is 7.58. The van der Waals surface area contributed by atoms with E-state index in [1.165, 1.54) is 5.56 Å². The van der Waals surface area contributed by atoms with Crippen LogP contribution in [0.15, 0.2) is 59.7 Å². The van der Waals surface area contributed by atoms with Crippen LogP contribution in [0.5, 0.6) is 0 Å². The molecule has 3 rings (SSSR count). The van der Waals surface area contributed by atoms with E-state index in [-0.39, 0.29) is 30.0 Å². The number of halogens is 1. The smallest absolute Gasteiger partial charge is 0.191 e. The maximum Gasteiger partial charge on any atom is 0.191 e. The quantitative estimate of drug-likeness (QED) is 0.375. The van der Waals surface area contributed by atoms with Gasteiger partial charge >= 0.3 is 0 Å². The maximum absolute atomic E-state index is 4.27. The zero-order valence-corrected chi connectivity index (χ0v) is 16.0. The van der Waals surface area contributed by atoms with Crippen molar-refractivity contribution >= 4 is 35.6 Å². The van der Waals surface area contributed by atoms with E-state index in [1.54, 1.807) is 7.05 Å². The molecule has 0 saturated carbocycles. The Morgan fingerprint density at radius 3 is 2.62 bits per heavy atom. The molecule has 0 amide bonds. The van der Waals surface area contributed by atoms with Crippen molar-refractivity contribution in [1.29, 1.82) is 0 Å². The first-order chi connectivity index (χ1) is 11.3. The lowest BCUT2D eigenvalue weighted by Gasteiger charge is -2.18. The monoisotopic (exact) mass is 436 g/mol. The number of aromatic nitrogens is 3. The van der Waals surface area contributed by atoms with Crippen LogP contribution in [0.4, 0.5) is 0 Å². The van der Waals surface area contributed by atoms with Crippen LogP contribution in [0.25, 0.3) is 5.65 Å². The van der Waals surface area contributed by atoms with Crippen LogP contribution < -0.4 is 10.6 Å². The molecule has 0 fully saturated rings. The Bertz CT molecular complexity index is 799. The highest BCUT2D eigenvalue weighted by atomic mass is 127. The molecule has 0 aliphatic carbocycles. The summed E-state index contributed by atoms with van der Waals surface area (Å²) in [6, 6.07) is 16.3. The van der Waals surface area contributed by atoms with E-state index in [4.69, 9.17) is 0 Å². The van der Waals surface area contributed by atoms with E-state index < -0.39 is 0 Å². The molecular weight excluding hydrogens is 415 g/mol. The third-order valence-corrected chi connectivity index (χ3v) is 3.67. The summed E-state index contributed by atoms with van der Waals surface area (Å²) in [7, 11) is 1.76. The SMILES string of the molecule is CN=C(NCc1nnc2ccccn12)NC(C)c1ccccc1.I. The second-order valence-corrected chi connectivity index (χ2v) is 5.25. The van der Waals surface area contributed by atoms with Crippen molar-refractivity contribution in [3.63, 3.8) is 0 Å². The molecule has 2 aromatic heterocycles. The Kier molecular flexibility index (Phi) is 6.53. The Hall–Kier alpha value is -2.16. The van der Waals surface area contributed by atoms with E-state index in [0.717, 1.165) is 17.4 Å². The third kappa shape index (κ3) is 4.22. The minimum atomic E-state index is 0. The normalized spacial score (nSPS) is 12.5. The lowest BCUT2D eigenvalue weighted by Crippen LogP contribution is -2.38. The molecule has 0 aliphatic heterocycles. The van der Waals surface area contributed by atoms with Gasteiger partial charge in [-0.15, -0.1) is 34.2 Å². The molecule has 2 N–H and O–H groups in total. The van der Waals surface area contributed by atoms with Gasteiger partial charge in [0.1, 0.15) is 0 Å². The Morgan fingerprint density at radius 1 is 1.12 bits per heavy atom. The van der Waals surface area contributed by atoms with Crippen LogP contribution in [0.3, 0.4) is 0 Å². The predicted molar refractivity (Wildman–Crippen MR) is 107 cm³/mol. The first-order valence-corrected chi connectivity index (χ1v) is 7.58. The van der Waals surface area contributed by atoms with Crippen LogP contribution in [0.2, 0.25) is 0 Å². The molecule has 0 aliphatic rings. The number of rotatable bonds is 4. The van der Waals surface area contributed by atoms with Gasteiger partial charge in [0.25, 0.3) is 0 Å². The average molecular weight is 436 g/mol. The number of hydrogen-bond acceptors (Lipinski definition) is 3. The highest BCUT2D eigenvalue weighted by Gasteiger charge is 2.09. The van der Waals surface area contributed by atoms with Gasteiger partial charge in [-0.05, 0) is 24.6 Å². The second kappa shape index (κ2) is 8.62. The number of nitrogens with one attached hydrogen (secondary N) is 2. The van der Waals surface area contributed by atoms with Crippen molar-refractivity contribution in [2.45, 2.75) is 19.5 Å². The van der Waals surface area contributed by atoms with Gasteiger partial charge in [0.15, 0.2) is 17.4 Å². The first kappa shape index (κ1) is 18.2. The molecule has 1 unspecified atom stereocenters. The van der Waals surface area contributed by atoms with Crippen LogP contribution in [-0.4, -0.2) is 27.6 Å². The second-order valence-electron chi connectivity index (χ2n) is 5.25. The van der Waals surface area contributed by atoms with Crippen LogP contribution in [-0.2, 0) is 6.54 Å². The summed E-state index contributed by atoms with van der Waals surface area (Å²) < 4.78 is 1.96. The lowest BCUT2D eigenvalue weighted by molar-refractivity contribution is 0.677. The maximum atomic E-state index is 4.27. The van der Waals surface area contributed by atoms with Gasteiger partial charge in [-0.2, -0.15) is 0 Å². The Morgan fingerprint density at radius 2 is 1.88 bits per heavy atom. The molecule has 3 aromatic rings. The number of benzene rings is 1. The fourth-order valence-electron chi connectivity index (χ4n) is 2.40. The molecule has 0 radical (unpaired) electrons. The van der Waals surface area contributed by atoms with Crippen molar-refractivity contribution in [1.82, 2.24) is 25.2 Å². The highest BCUT2D eigenvalue weighted by Crippen LogP contribution is 2.10. The minimum Gasteiger partial charge on any atom is -0.350 e. The number of guanidine groups is 1. The highest BCUT2D eigenvalue weighted by molar-refractivity contribution is 14.0. The van der Waals surface area contributed by atoms with Gasteiger partial charge in [0, 0.05) is 13.2 Å². The van der Waals surface area contributed by atoms with Gasteiger partial charge in [0.2, 0.25) is 0 Å². The molecule has 1 atom stereocenters. The number of hydrogen-bond donors (Lipinski definition) is 2. The fraction of sp³-hybridized carbons (Fsp3) is 0.235. The largest absolute Gasteiger partial charge is 0.350 e. The van der Waals surface area contributed by atoms with Crippen molar-refractivity contribution in [3.05, 3.63) is 66.1 Å². The molecule has 2 heterocycles. The summed E-state index contributed by atoms with van der Waals surface area (Å²) in [5.74, 6) is 1.57. The van der Waals surface area contributed by atoms with Gasteiger partial charge < -0.3 is 10.6 Å². The summed E-state index contributed by atoms with van der Waals surface area (Å²) in [6.45, 7) is 2.65. The zero-order valence-electron chi connectivity index (χ0n) is 13.7. The summed E-state index contributed by atoms with van der Waals surface area (Å²) in [4.78, 5) is 4.27. The number of pyridine rings is 1. The molecule has 0 spiro atoms. The summed E-state index contributed by atoms with van der Waals surface area (Å²) in [5, 5.41) is 15.0. The standard InChI is InChI=1S/C17H20N6.HI/c1-13(14-8-4-3-5-9-14)20-17(18-2)19-12-16-22-21-15-10-6-7-11-23(15)16;/h3-11,13H,12H2,1-2H3,(H2,18,19,20);1H. The van der Waals surface area contributed by atoms with E-state index >= 15 is 0 Å². The van der Waals surface area contributed by atoms with Crippen molar-refractivity contribution in [2.75, 3.05) is 7.05 Å². The Balaban J connectivity index is 0.00000208. The van der Waals surface area contributed by atoms with Crippen molar-refractivity contribution < 1.29 is 0 Å². The molecule has 0 bridgehead atoms. The van der Waals surface area contributed by atoms with Crippen LogP contribution in [0, 0.1) is 0 Å². The number of aliphatic imine (C=N–C) groups is 1. The molecule has 24 heavy (non-hydrogen) atoms. The summed E-state index contributed by atoms with van der Waals surface area (Å²) in [5.41, 5.74) is 2.05. The van der Waals surface area contributed by atoms with Gasteiger partial charge in [-0.1, -0.05) is 36.4 Å². The number of nitrogens with zero attached hydrogens (tertiary/aromatic N) is 4. The van der Waals surface area contributed by atoms with Crippen LogP contribution in [0.1, 0.15) is 24.4 Å². The molecule has 6 nitrogen and oxygen atoms in total. The molecule has 1 aromatic carbocycles. The van der Waals surface area contributed by atoms with Gasteiger partial charge in [-0.3, -0.25) is 9.39 Å². The van der Waals surface area contributed by atoms with Crippen LogP contribution >= 0.6 is 24.0 Å². The Labute approximate surface area is 158 Å². The topological polar surface area (TPSA) is 66.6 Å². The van der Waals surface area contributed by atoms with Gasteiger partial charge in [0.05, 0.1) is 12.6 Å². The van der Waals surface area contributed by atoms with E-state index in [1.807, 2.05) is 47.0 Å². The summed E-state index contributed by atoms with van der Waals surface area (Å²) >= 11 is 0. The van der Waals surface area contributed by atoms with Crippen molar-refractivity contribution in [2.24, 2.45) is 4.99 Å². The molecule has 126 valence electrons. The minimum absolute atomic E-state index is 0. The van der Waals surface area contributed by atoms with Crippen molar-refractivity contribution in [3.8, 4) is 0 Å². The molecule has 7 heteroatoms. The zero-order chi connectivity index (χ0) is 16.1. The van der Waals surface area contributed by atoms with Gasteiger partial charge in [-0.25, -0.2) is 0 Å². The predicted octanol–water partition coefficient (Wildman–Crippen LogP) is 2.77.